The highest BCUT2D eigenvalue weighted by Gasteiger charge is 2.16. The van der Waals surface area contributed by atoms with Crippen molar-refractivity contribution in [1.82, 2.24) is 5.43 Å². The van der Waals surface area contributed by atoms with Gasteiger partial charge in [-0.15, -0.1) is 0 Å². The molecule has 0 aliphatic heterocycles. The Morgan fingerprint density at radius 3 is 2.89 bits per heavy atom. The summed E-state index contributed by atoms with van der Waals surface area (Å²) in [6, 6.07) is 5.05. The van der Waals surface area contributed by atoms with Crippen molar-refractivity contribution in [2.75, 3.05) is 0 Å². The second kappa shape index (κ2) is 5.49. The number of nitrogens with one attached hydrogen (secondary N) is 1. The number of nitrogens with two attached hydrogens (primary N) is 1. The Balaban J connectivity index is 2.13. The first kappa shape index (κ1) is 13.0. The zero-order chi connectivity index (χ0) is 13.8. The maximum atomic E-state index is 13.3. The topological polar surface area (TPSA) is 77.5 Å². The van der Waals surface area contributed by atoms with Gasteiger partial charge in [0.25, 0.3) is 0 Å². The third kappa shape index (κ3) is 2.71. The summed E-state index contributed by atoms with van der Waals surface area (Å²) in [7, 11) is 0. The molecule has 0 bridgehead atoms. The second-order valence-corrected chi connectivity index (χ2v) is 3.59. The minimum absolute atomic E-state index is 0.0423. The van der Waals surface area contributed by atoms with Gasteiger partial charge in [0, 0.05) is 5.56 Å². The Bertz CT molecular complexity index is 598. The van der Waals surface area contributed by atoms with Gasteiger partial charge in [-0.1, -0.05) is 6.07 Å². The van der Waals surface area contributed by atoms with Crippen molar-refractivity contribution in [3.63, 3.8) is 0 Å². The Kier molecular flexibility index (Phi) is 3.76. The first-order valence-corrected chi connectivity index (χ1v) is 5.27. The van der Waals surface area contributed by atoms with E-state index in [1.165, 1.54) is 24.5 Å². The maximum Gasteiger partial charge on any atom is 0.301 e. The molecule has 1 aromatic heterocycles. The third-order valence-electron chi connectivity index (χ3n) is 2.38. The lowest BCUT2D eigenvalue weighted by Crippen LogP contribution is -2.30. The highest BCUT2D eigenvalue weighted by atomic mass is 19.2. The Morgan fingerprint density at radius 2 is 2.16 bits per heavy atom. The van der Waals surface area contributed by atoms with E-state index in [0.717, 1.165) is 6.07 Å². The standard InChI is InChI=1S/C12H10F2N2O3/c13-8-2-1-3-9(10(8)14)19-6-7-4-5-18-11(7)12(17)16-15/h1-5H,6,15H2,(H,16,17). The third-order valence-corrected chi connectivity index (χ3v) is 2.38. The fourth-order valence-corrected chi connectivity index (χ4v) is 1.47. The highest BCUT2D eigenvalue weighted by Crippen LogP contribution is 2.21. The molecule has 1 amide bonds. The monoisotopic (exact) mass is 268 g/mol. The molecule has 3 N–H and O–H groups in total. The number of hydrazine groups is 1. The summed E-state index contributed by atoms with van der Waals surface area (Å²) in [5.41, 5.74) is 2.27. The molecule has 0 radical (unpaired) electrons. The molecular formula is C12H10F2N2O3. The second-order valence-electron chi connectivity index (χ2n) is 3.59. The largest absolute Gasteiger partial charge is 0.486 e. The average Bonchev–Trinajstić information content (AvgIpc) is 2.88. The molecule has 1 heterocycles. The summed E-state index contributed by atoms with van der Waals surface area (Å²) >= 11 is 0. The van der Waals surface area contributed by atoms with Gasteiger partial charge in [0.05, 0.1) is 6.26 Å². The van der Waals surface area contributed by atoms with E-state index >= 15 is 0 Å². The van der Waals surface area contributed by atoms with E-state index < -0.39 is 17.5 Å². The van der Waals surface area contributed by atoms with E-state index in [4.69, 9.17) is 15.0 Å². The van der Waals surface area contributed by atoms with Gasteiger partial charge in [-0.2, -0.15) is 4.39 Å². The van der Waals surface area contributed by atoms with Crippen LogP contribution in [0, 0.1) is 11.6 Å². The van der Waals surface area contributed by atoms with Crippen molar-refractivity contribution in [3.8, 4) is 5.75 Å². The van der Waals surface area contributed by atoms with Crippen LogP contribution in [0.5, 0.6) is 5.75 Å². The van der Waals surface area contributed by atoms with Gasteiger partial charge in [-0.3, -0.25) is 10.2 Å². The Morgan fingerprint density at radius 1 is 1.37 bits per heavy atom. The number of nitrogen functional groups attached to an aromatic ring is 1. The number of rotatable bonds is 4. The van der Waals surface area contributed by atoms with Gasteiger partial charge in [0.15, 0.2) is 17.3 Å². The molecule has 100 valence electrons. The molecule has 5 nitrogen and oxygen atoms in total. The van der Waals surface area contributed by atoms with Crippen molar-refractivity contribution < 1.29 is 22.7 Å². The average molecular weight is 268 g/mol. The van der Waals surface area contributed by atoms with Crippen LogP contribution in [0.15, 0.2) is 34.9 Å². The molecule has 0 spiro atoms. The summed E-state index contributed by atoms with van der Waals surface area (Å²) in [4.78, 5) is 11.3. The van der Waals surface area contributed by atoms with Crippen molar-refractivity contribution in [1.29, 1.82) is 0 Å². The summed E-state index contributed by atoms with van der Waals surface area (Å²) in [5, 5.41) is 0. The van der Waals surface area contributed by atoms with Crippen LogP contribution < -0.4 is 16.0 Å². The van der Waals surface area contributed by atoms with Crippen molar-refractivity contribution in [2.24, 2.45) is 5.84 Å². The van der Waals surface area contributed by atoms with Crippen molar-refractivity contribution in [2.45, 2.75) is 6.61 Å². The van der Waals surface area contributed by atoms with E-state index in [9.17, 15) is 13.6 Å². The fourth-order valence-electron chi connectivity index (χ4n) is 1.47. The van der Waals surface area contributed by atoms with Gasteiger partial charge in [0.2, 0.25) is 5.82 Å². The van der Waals surface area contributed by atoms with Crippen LogP contribution in [-0.2, 0) is 6.61 Å². The van der Waals surface area contributed by atoms with E-state index in [-0.39, 0.29) is 18.1 Å². The zero-order valence-electron chi connectivity index (χ0n) is 9.65. The van der Waals surface area contributed by atoms with Crippen molar-refractivity contribution >= 4 is 5.91 Å². The number of hydrogen-bond acceptors (Lipinski definition) is 4. The van der Waals surface area contributed by atoms with Crippen LogP contribution in [0.2, 0.25) is 0 Å². The van der Waals surface area contributed by atoms with Crippen LogP contribution in [0.25, 0.3) is 0 Å². The maximum absolute atomic E-state index is 13.3. The smallest absolute Gasteiger partial charge is 0.301 e. The first-order chi connectivity index (χ1) is 9.13. The van der Waals surface area contributed by atoms with E-state index in [0.29, 0.717) is 5.56 Å². The molecule has 7 heteroatoms. The lowest BCUT2D eigenvalue weighted by molar-refractivity contribution is 0.0922. The van der Waals surface area contributed by atoms with Crippen LogP contribution in [0.3, 0.4) is 0 Å². The quantitative estimate of drug-likeness (QED) is 0.503. The number of carbonyl (C=O) groups is 1. The molecule has 1 aromatic carbocycles. The molecule has 0 saturated heterocycles. The number of carbonyl (C=O) groups excluding carboxylic acids is 1. The molecule has 0 atom stereocenters. The fraction of sp³-hybridized carbons (Fsp3) is 0.0833. The lowest BCUT2D eigenvalue weighted by atomic mass is 10.2. The lowest BCUT2D eigenvalue weighted by Gasteiger charge is -2.07. The molecule has 0 aliphatic carbocycles. The summed E-state index contributed by atoms with van der Waals surface area (Å²) in [5.74, 6) is 1.95. The van der Waals surface area contributed by atoms with Gasteiger partial charge < -0.3 is 9.15 Å². The van der Waals surface area contributed by atoms with Crippen LogP contribution in [-0.4, -0.2) is 5.91 Å². The minimum atomic E-state index is -1.09. The van der Waals surface area contributed by atoms with Crippen LogP contribution >= 0.6 is 0 Å². The highest BCUT2D eigenvalue weighted by molar-refractivity contribution is 5.92. The number of amides is 1. The van der Waals surface area contributed by atoms with Crippen molar-refractivity contribution in [3.05, 3.63) is 53.5 Å². The van der Waals surface area contributed by atoms with Gasteiger partial charge >= 0.3 is 5.91 Å². The van der Waals surface area contributed by atoms with Crippen LogP contribution in [0.4, 0.5) is 8.78 Å². The molecule has 0 unspecified atom stereocenters. The molecule has 0 saturated carbocycles. The SMILES string of the molecule is NNC(=O)c1occc1COc1cccc(F)c1F. The number of ether oxygens (including phenoxy) is 1. The predicted octanol–water partition coefficient (Wildman–Crippen LogP) is 1.74. The van der Waals surface area contributed by atoms with Gasteiger partial charge in [-0.05, 0) is 18.2 Å². The van der Waals surface area contributed by atoms with E-state index in [1.54, 1.807) is 0 Å². The normalized spacial score (nSPS) is 10.3. The Labute approximate surface area is 106 Å². The molecule has 0 aliphatic rings. The summed E-state index contributed by atoms with van der Waals surface area (Å²) in [6.45, 7) is -0.153. The molecule has 2 rings (SSSR count). The number of halogens is 2. The Hall–Kier alpha value is -2.41. The molecular weight excluding hydrogens is 258 g/mol. The summed E-state index contributed by atoms with van der Waals surface area (Å²) < 4.78 is 36.3. The number of benzene rings is 1. The molecule has 2 aromatic rings. The van der Waals surface area contributed by atoms with E-state index in [1.807, 2.05) is 5.43 Å². The van der Waals surface area contributed by atoms with E-state index in [2.05, 4.69) is 0 Å². The number of hydrogen-bond donors (Lipinski definition) is 2. The number of furan rings is 1. The van der Waals surface area contributed by atoms with Gasteiger partial charge in [-0.25, -0.2) is 10.2 Å². The molecule has 0 fully saturated rings. The zero-order valence-corrected chi connectivity index (χ0v) is 9.65. The summed E-state index contributed by atoms with van der Waals surface area (Å²) in [6.07, 6.45) is 1.27. The van der Waals surface area contributed by atoms with Gasteiger partial charge in [0.1, 0.15) is 6.61 Å². The predicted molar refractivity (Wildman–Crippen MR) is 61.1 cm³/mol. The first-order valence-electron chi connectivity index (χ1n) is 5.27. The minimum Gasteiger partial charge on any atom is -0.486 e. The molecule has 19 heavy (non-hydrogen) atoms. The van der Waals surface area contributed by atoms with Crippen LogP contribution in [0.1, 0.15) is 16.1 Å².